The van der Waals surface area contributed by atoms with E-state index in [2.05, 4.69) is 10.4 Å². The lowest BCUT2D eigenvalue weighted by Crippen LogP contribution is -2.44. The van der Waals surface area contributed by atoms with E-state index in [1.807, 2.05) is 0 Å². The Kier molecular flexibility index (Phi) is 6.42. The van der Waals surface area contributed by atoms with Crippen molar-refractivity contribution in [2.75, 3.05) is 26.2 Å². The van der Waals surface area contributed by atoms with Crippen molar-refractivity contribution in [3.05, 3.63) is 28.2 Å². The second-order valence-corrected chi connectivity index (χ2v) is 11.2. The summed E-state index contributed by atoms with van der Waals surface area (Å²) in [7, 11) is -3.74. The van der Waals surface area contributed by atoms with E-state index >= 15 is 0 Å². The quantitative estimate of drug-likeness (QED) is 0.730. The molecule has 1 aromatic carbocycles. The van der Waals surface area contributed by atoms with Crippen molar-refractivity contribution >= 4 is 39.1 Å². The first-order valence-corrected chi connectivity index (χ1v) is 12.5. The van der Waals surface area contributed by atoms with Crippen LogP contribution in [0.2, 0.25) is 10.0 Å². The molecule has 29 heavy (non-hydrogen) atoms. The van der Waals surface area contributed by atoms with E-state index in [-0.39, 0.29) is 26.8 Å². The summed E-state index contributed by atoms with van der Waals surface area (Å²) in [6.07, 6.45) is 5.73. The fourth-order valence-electron chi connectivity index (χ4n) is 5.04. The number of sulfonamides is 1. The van der Waals surface area contributed by atoms with E-state index in [0.717, 1.165) is 25.9 Å². The van der Waals surface area contributed by atoms with Crippen molar-refractivity contribution in [3.8, 4) is 0 Å². The number of carbonyl (C=O) groups is 1. The van der Waals surface area contributed by atoms with Gasteiger partial charge in [0.1, 0.15) is 4.90 Å². The highest BCUT2D eigenvalue weighted by atomic mass is 35.5. The summed E-state index contributed by atoms with van der Waals surface area (Å²) >= 11 is 12.1. The topological polar surface area (TPSA) is 69.7 Å². The summed E-state index contributed by atoms with van der Waals surface area (Å²) in [5.74, 6) is 1.41. The summed E-state index contributed by atoms with van der Waals surface area (Å²) < 4.78 is 27.5. The third kappa shape index (κ3) is 4.59. The molecule has 1 saturated carbocycles. The molecule has 2 saturated heterocycles. The number of rotatable bonds is 5. The zero-order valence-electron chi connectivity index (χ0n) is 16.3. The Morgan fingerprint density at radius 2 is 1.79 bits per heavy atom. The fraction of sp³-hybridized carbons (Fsp3) is 0.650. The molecule has 1 aromatic rings. The Hall–Kier alpha value is -0.860. The number of nitrogens with one attached hydrogen (secondary N) is 1. The van der Waals surface area contributed by atoms with Crippen LogP contribution in [0.15, 0.2) is 23.1 Å². The van der Waals surface area contributed by atoms with Gasteiger partial charge in [0.2, 0.25) is 15.9 Å². The molecule has 1 N–H and O–H groups in total. The lowest BCUT2D eigenvalue weighted by atomic mass is 9.96. The van der Waals surface area contributed by atoms with Crippen LogP contribution in [0.3, 0.4) is 0 Å². The van der Waals surface area contributed by atoms with Gasteiger partial charge in [0, 0.05) is 32.6 Å². The lowest BCUT2D eigenvalue weighted by molar-refractivity contribution is -0.126. The van der Waals surface area contributed by atoms with E-state index in [4.69, 9.17) is 23.2 Å². The number of piperidine rings is 1. The number of halogens is 2. The summed E-state index contributed by atoms with van der Waals surface area (Å²) in [4.78, 5) is 12.6. The number of hydrogen-bond acceptors (Lipinski definition) is 4. The molecular weight excluding hydrogens is 433 g/mol. The fourth-order valence-corrected chi connectivity index (χ4v) is 7.34. The van der Waals surface area contributed by atoms with Crippen LogP contribution in [-0.4, -0.2) is 49.8 Å². The highest BCUT2D eigenvalue weighted by Gasteiger charge is 2.37. The second-order valence-electron chi connectivity index (χ2n) is 8.52. The van der Waals surface area contributed by atoms with E-state index < -0.39 is 10.0 Å². The second kappa shape index (κ2) is 8.71. The smallest absolute Gasteiger partial charge is 0.244 e. The average Bonchev–Trinajstić information content (AvgIpc) is 3.25. The van der Waals surface area contributed by atoms with Crippen LogP contribution < -0.4 is 5.43 Å². The van der Waals surface area contributed by atoms with Crippen molar-refractivity contribution in [1.29, 1.82) is 0 Å². The first-order valence-electron chi connectivity index (χ1n) is 10.3. The molecule has 0 aromatic heterocycles. The van der Waals surface area contributed by atoms with Gasteiger partial charge in [0.25, 0.3) is 0 Å². The minimum absolute atomic E-state index is 0.00131. The van der Waals surface area contributed by atoms with Gasteiger partial charge in [0.05, 0.1) is 10.0 Å². The number of benzene rings is 1. The Morgan fingerprint density at radius 1 is 1.07 bits per heavy atom. The third-order valence-electron chi connectivity index (χ3n) is 6.50. The van der Waals surface area contributed by atoms with Gasteiger partial charge in [-0.25, -0.2) is 13.4 Å². The van der Waals surface area contributed by atoms with E-state index in [1.165, 1.54) is 29.6 Å². The number of fused-ring (bicyclic) bond motifs is 1. The van der Waals surface area contributed by atoms with E-state index in [0.29, 0.717) is 31.3 Å². The van der Waals surface area contributed by atoms with Gasteiger partial charge in [-0.05, 0) is 55.6 Å². The van der Waals surface area contributed by atoms with Gasteiger partial charge in [-0.15, -0.1) is 0 Å². The van der Waals surface area contributed by atoms with Gasteiger partial charge in [0.15, 0.2) is 0 Å². The van der Waals surface area contributed by atoms with Crippen LogP contribution in [0, 0.1) is 17.8 Å². The van der Waals surface area contributed by atoms with E-state index in [1.54, 1.807) is 12.1 Å². The molecule has 2 aliphatic heterocycles. The predicted molar refractivity (Wildman–Crippen MR) is 113 cm³/mol. The molecule has 1 amide bonds. The molecule has 3 unspecified atom stereocenters. The van der Waals surface area contributed by atoms with Crippen LogP contribution in [0.25, 0.3) is 0 Å². The predicted octanol–water partition coefficient (Wildman–Crippen LogP) is 3.55. The monoisotopic (exact) mass is 459 g/mol. The van der Waals surface area contributed by atoms with Gasteiger partial charge in [-0.3, -0.25) is 10.2 Å². The molecule has 3 atom stereocenters. The molecule has 6 nitrogen and oxygen atoms in total. The third-order valence-corrected chi connectivity index (χ3v) is 9.34. The zero-order chi connectivity index (χ0) is 20.6. The highest BCUT2D eigenvalue weighted by molar-refractivity contribution is 7.89. The molecule has 4 rings (SSSR count). The summed E-state index contributed by atoms with van der Waals surface area (Å²) in [6.45, 7) is 2.63. The molecule has 0 spiro atoms. The molecule has 9 heteroatoms. The number of amides is 1. The Balaban J connectivity index is 1.35. The highest BCUT2D eigenvalue weighted by Crippen LogP contribution is 2.37. The Bertz CT molecular complexity index is 868. The van der Waals surface area contributed by atoms with Gasteiger partial charge in [-0.2, -0.15) is 4.31 Å². The van der Waals surface area contributed by atoms with Gasteiger partial charge < -0.3 is 0 Å². The van der Waals surface area contributed by atoms with Crippen molar-refractivity contribution < 1.29 is 13.2 Å². The van der Waals surface area contributed by atoms with Crippen LogP contribution in [0.4, 0.5) is 0 Å². The van der Waals surface area contributed by atoms with Crippen molar-refractivity contribution in [2.24, 2.45) is 17.8 Å². The maximum atomic E-state index is 13.1. The van der Waals surface area contributed by atoms with Crippen LogP contribution >= 0.6 is 23.2 Å². The van der Waals surface area contributed by atoms with Crippen LogP contribution in [0.5, 0.6) is 0 Å². The van der Waals surface area contributed by atoms with Crippen molar-refractivity contribution in [1.82, 2.24) is 14.7 Å². The first kappa shape index (κ1) is 21.4. The molecule has 0 bridgehead atoms. The maximum absolute atomic E-state index is 13.1. The molecule has 0 radical (unpaired) electrons. The Morgan fingerprint density at radius 3 is 2.52 bits per heavy atom. The molecule has 2 heterocycles. The Labute approximate surface area is 182 Å². The molecular formula is C20H27Cl2N3O3S. The number of hydrazine groups is 1. The molecule has 1 aliphatic carbocycles. The summed E-state index contributed by atoms with van der Waals surface area (Å²) in [5, 5.41) is 2.32. The normalized spacial score (nSPS) is 28.4. The van der Waals surface area contributed by atoms with Gasteiger partial charge >= 0.3 is 0 Å². The summed E-state index contributed by atoms with van der Waals surface area (Å²) in [5.41, 5.74) is 3.04. The van der Waals surface area contributed by atoms with Gasteiger partial charge in [-0.1, -0.05) is 35.7 Å². The number of hydrogen-bond donors (Lipinski definition) is 1. The minimum atomic E-state index is -3.74. The van der Waals surface area contributed by atoms with Crippen LogP contribution in [-0.2, 0) is 14.8 Å². The van der Waals surface area contributed by atoms with E-state index in [9.17, 15) is 13.2 Å². The standard InChI is InChI=1S/C20H27Cl2N3O3S/c21-17-7-2-8-18(20(17)22)29(27,28)25-9-3-4-14(11-25)10-19(26)23-24-12-15-5-1-6-16(15)13-24/h2,7-8,14-16H,1,3-6,9-13H2,(H,23,26). The lowest BCUT2D eigenvalue weighted by Gasteiger charge is -2.32. The largest absolute Gasteiger partial charge is 0.289 e. The first-order chi connectivity index (χ1) is 13.8. The minimum Gasteiger partial charge on any atom is -0.289 e. The molecule has 3 aliphatic rings. The van der Waals surface area contributed by atoms with Crippen molar-refractivity contribution in [2.45, 2.75) is 43.4 Å². The number of carbonyl (C=O) groups excluding carboxylic acids is 1. The zero-order valence-corrected chi connectivity index (χ0v) is 18.6. The van der Waals surface area contributed by atoms with Crippen LogP contribution in [0.1, 0.15) is 38.5 Å². The molecule has 160 valence electrons. The summed E-state index contributed by atoms with van der Waals surface area (Å²) in [6, 6.07) is 4.63. The maximum Gasteiger partial charge on any atom is 0.244 e. The average molecular weight is 460 g/mol. The SMILES string of the molecule is O=C(CC1CCCN(S(=O)(=O)c2cccc(Cl)c2Cl)C1)NN1CC2CCCC2C1. The van der Waals surface area contributed by atoms with Crippen molar-refractivity contribution in [3.63, 3.8) is 0 Å². The number of nitrogens with zero attached hydrogens (tertiary/aromatic N) is 2. The molecule has 3 fully saturated rings.